The summed E-state index contributed by atoms with van der Waals surface area (Å²) < 4.78 is 46.8. The van der Waals surface area contributed by atoms with Gasteiger partial charge in [0.15, 0.2) is 5.75 Å². The highest BCUT2D eigenvalue weighted by Gasteiger charge is 2.31. The molecule has 4 aromatic carbocycles. The van der Waals surface area contributed by atoms with Crippen molar-refractivity contribution in [3.63, 3.8) is 0 Å². The van der Waals surface area contributed by atoms with Crippen LogP contribution in [0.4, 0.5) is 13.2 Å². The van der Waals surface area contributed by atoms with Crippen LogP contribution >= 0.6 is 54.5 Å². The molecule has 0 saturated heterocycles. The third kappa shape index (κ3) is 6.60. The van der Waals surface area contributed by atoms with Gasteiger partial charge in [0, 0.05) is 30.1 Å². The molecule has 212 valence electrons. The van der Waals surface area contributed by atoms with Crippen LogP contribution in [0.1, 0.15) is 32.0 Å². The molecule has 0 atom stereocenters. The maximum Gasteiger partial charge on any atom is 0.416 e. The molecular weight excluding hydrogens is 794 g/mol. The number of aromatic amines is 1. The minimum absolute atomic E-state index is 0.00349. The summed E-state index contributed by atoms with van der Waals surface area (Å²) in [6, 6.07) is 22.4. The molecule has 42 heavy (non-hydrogen) atoms. The summed E-state index contributed by atoms with van der Waals surface area (Å²) in [5.74, 6) is -1.50. The number of esters is 1. The molecule has 0 aliphatic carbocycles. The van der Waals surface area contributed by atoms with E-state index in [0.29, 0.717) is 14.6 Å². The number of carbonyl (C=O) groups is 2. The lowest BCUT2D eigenvalue weighted by molar-refractivity contribution is -0.137. The number of fused-ring (bicyclic) bond motifs is 1. The first kappa shape index (κ1) is 30.0. The van der Waals surface area contributed by atoms with Crippen LogP contribution in [0.25, 0.3) is 22.0 Å². The number of hydrazone groups is 1. The predicted octanol–water partition coefficient (Wildman–Crippen LogP) is 8.97. The van der Waals surface area contributed by atoms with Crippen molar-refractivity contribution in [2.45, 2.75) is 6.18 Å². The predicted molar refractivity (Wildman–Crippen MR) is 170 cm³/mol. The first-order valence-corrected chi connectivity index (χ1v) is 14.8. The van der Waals surface area contributed by atoms with Gasteiger partial charge in [0.05, 0.1) is 21.8 Å². The van der Waals surface area contributed by atoms with E-state index in [4.69, 9.17) is 4.74 Å². The Bertz CT molecular complexity index is 1860. The fraction of sp³-hybridized carbons (Fsp3) is 0.0333. The minimum atomic E-state index is -4.62. The average molecular weight is 811 g/mol. The van der Waals surface area contributed by atoms with E-state index in [-0.39, 0.29) is 16.9 Å². The van der Waals surface area contributed by atoms with Gasteiger partial charge in [-0.3, -0.25) is 4.79 Å². The summed E-state index contributed by atoms with van der Waals surface area (Å²) >= 11 is 8.89. The van der Waals surface area contributed by atoms with Gasteiger partial charge in [-0.05, 0) is 92.6 Å². The second kappa shape index (κ2) is 12.4. The summed E-state index contributed by atoms with van der Waals surface area (Å²) in [6.07, 6.45) is -3.34. The van der Waals surface area contributed by atoms with Gasteiger partial charge >= 0.3 is 12.1 Å². The lowest BCUT2D eigenvalue weighted by atomic mass is 10.0. The van der Waals surface area contributed by atoms with Crippen molar-refractivity contribution in [3.05, 3.63) is 120 Å². The Morgan fingerprint density at radius 1 is 0.952 bits per heavy atom. The second-order valence-corrected chi connectivity index (χ2v) is 11.9. The van der Waals surface area contributed by atoms with Crippen molar-refractivity contribution in [1.29, 1.82) is 0 Å². The Hall–Kier alpha value is -3.49. The Labute approximate surface area is 267 Å². The van der Waals surface area contributed by atoms with Crippen molar-refractivity contribution in [3.8, 4) is 16.9 Å². The number of amides is 1. The number of alkyl halides is 3. The Kier molecular flexibility index (Phi) is 8.85. The van der Waals surface area contributed by atoms with Gasteiger partial charge < -0.3 is 9.72 Å². The van der Waals surface area contributed by atoms with E-state index in [9.17, 15) is 22.8 Å². The summed E-state index contributed by atoms with van der Waals surface area (Å²) in [4.78, 5) is 29.3. The maximum atomic E-state index is 13.3. The SMILES string of the molecule is O=C(Oc1c(Br)cc(Br)cc1C=NNC(=O)c1[nH]c2ccc(I)cc2c1-c1ccccc1)c1cccc(C(F)(F)F)c1. The Morgan fingerprint density at radius 2 is 1.71 bits per heavy atom. The molecule has 0 unspecified atom stereocenters. The van der Waals surface area contributed by atoms with E-state index in [1.165, 1.54) is 12.3 Å². The smallest absolute Gasteiger partial charge is 0.416 e. The standard InChI is InChI=1S/C30H17Br2F3IN3O3/c31-20-12-18(27(23(32)13-20)42-29(41)17-7-4-8-19(11-17)30(33,34)35)15-37-39-28(40)26-25(16-5-2-1-3-6-16)22-14-21(36)9-10-24(22)38-26/h1-15,38H,(H,39,40). The zero-order valence-electron chi connectivity index (χ0n) is 21.1. The lowest BCUT2D eigenvalue weighted by Gasteiger charge is -2.12. The number of nitrogens with zero attached hydrogens (tertiary/aromatic N) is 1. The molecule has 12 heteroatoms. The van der Waals surface area contributed by atoms with Crippen LogP contribution in [0.15, 0.2) is 99.0 Å². The van der Waals surface area contributed by atoms with E-state index in [0.717, 1.165) is 43.8 Å². The van der Waals surface area contributed by atoms with Crippen LogP contribution in [-0.4, -0.2) is 23.1 Å². The number of nitrogens with one attached hydrogen (secondary N) is 2. The molecule has 0 spiro atoms. The van der Waals surface area contributed by atoms with Crippen LogP contribution in [0.5, 0.6) is 5.75 Å². The van der Waals surface area contributed by atoms with Gasteiger partial charge in [-0.25, -0.2) is 10.2 Å². The molecule has 5 rings (SSSR count). The van der Waals surface area contributed by atoms with Crippen molar-refractivity contribution in [2.24, 2.45) is 5.10 Å². The van der Waals surface area contributed by atoms with E-state index in [1.54, 1.807) is 12.1 Å². The van der Waals surface area contributed by atoms with Crippen LogP contribution < -0.4 is 10.2 Å². The number of halogens is 6. The van der Waals surface area contributed by atoms with Gasteiger partial charge in [-0.2, -0.15) is 18.3 Å². The summed E-state index contributed by atoms with van der Waals surface area (Å²) in [6.45, 7) is 0. The monoisotopic (exact) mass is 809 g/mol. The van der Waals surface area contributed by atoms with Gasteiger partial charge in [0.2, 0.25) is 0 Å². The number of ether oxygens (including phenoxy) is 1. The number of H-pyrrole nitrogens is 1. The van der Waals surface area contributed by atoms with E-state index < -0.39 is 23.6 Å². The minimum Gasteiger partial charge on any atom is -0.421 e. The molecule has 0 aliphatic heterocycles. The van der Waals surface area contributed by atoms with Crippen molar-refractivity contribution in [2.75, 3.05) is 0 Å². The van der Waals surface area contributed by atoms with Gasteiger partial charge in [0.1, 0.15) is 5.69 Å². The van der Waals surface area contributed by atoms with Crippen LogP contribution in [0.2, 0.25) is 0 Å². The van der Waals surface area contributed by atoms with Crippen LogP contribution in [0.3, 0.4) is 0 Å². The molecule has 6 nitrogen and oxygen atoms in total. The molecular formula is C30H17Br2F3IN3O3. The zero-order chi connectivity index (χ0) is 30.0. The fourth-order valence-corrected chi connectivity index (χ4v) is 6.04. The van der Waals surface area contributed by atoms with E-state index in [2.05, 4.69) is 70.0 Å². The highest BCUT2D eigenvalue weighted by atomic mass is 127. The summed E-state index contributed by atoms with van der Waals surface area (Å²) in [5.41, 5.74) is 4.18. The number of benzene rings is 4. The van der Waals surface area contributed by atoms with Crippen LogP contribution in [0, 0.1) is 3.57 Å². The Morgan fingerprint density at radius 3 is 2.45 bits per heavy atom. The molecule has 2 N–H and O–H groups in total. The number of carbonyl (C=O) groups excluding carboxylic acids is 2. The Balaban J connectivity index is 1.43. The molecule has 0 bridgehead atoms. The molecule has 0 aliphatic rings. The zero-order valence-corrected chi connectivity index (χ0v) is 26.4. The maximum absolute atomic E-state index is 13.3. The quantitative estimate of drug-likeness (QED) is 0.0591. The third-order valence-electron chi connectivity index (χ3n) is 6.08. The number of hydrogen-bond acceptors (Lipinski definition) is 4. The molecule has 1 amide bonds. The van der Waals surface area contributed by atoms with Crippen molar-refractivity contribution >= 4 is 83.4 Å². The van der Waals surface area contributed by atoms with E-state index >= 15 is 0 Å². The first-order valence-electron chi connectivity index (χ1n) is 12.1. The van der Waals surface area contributed by atoms with Gasteiger partial charge in [-0.1, -0.05) is 52.3 Å². The lowest BCUT2D eigenvalue weighted by Crippen LogP contribution is -2.19. The topological polar surface area (TPSA) is 83.5 Å². The number of hydrogen-bond donors (Lipinski definition) is 2. The third-order valence-corrected chi connectivity index (χ3v) is 7.80. The molecule has 5 aromatic rings. The molecule has 0 fully saturated rings. The average Bonchev–Trinajstić information content (AvgIpc) is 3.33. The van der Waals surface area contributed by atoms with E-state index in [1.807, 2.05) is 48.5 Å². The van der Waals surface area contributed by atoms with Crippen LogP contribution in [-0.2, 0) is 6.18 Å². The highest BCUT2D eigenvalue weighted by molar-refractivity contribution is 14.1. The van der Waals surface area contributed by atoms with Gasteiger partial charge in [-0.15, -0.1) is 0 Å². The molecule has 0 saturated carbocycles. The summed E-state index contributed by atoms with van der Waals surface area (Å²) in [5, 5.41) is 4.96. The molecule has 1 aromatic heterocycles. The summed E-state index contributed by atoms with van der Waals surface area (Å²) in [7, 11) is 0. The molecule has 0 radical (unpaired) electrons. The largest absolute Gasteiger partial charge is 0.421 e. The molecule has 1 heterocycles. The first-order chi connectivity index (χ1) is 20.0. The number of rotatable bonds is 6. The normalized spacial score (nSPS) is 11.7. The fourth-order valence-electron chi connectivity index (χ4n) is 4.21. The second-order valence-electron chi connectivity index (χ2n) is 8.90. The van der Waals surface area contributed by atoms with Gasteiger partial charge in [0.25, 0.3) is 5.91 Å². The number of aromatic nitrogens is 1. The van der Waals surface area contributed by atoms with Crippen molar-refractivity contribution in [1.82, 2.24) is 10.4 Å². The van der Waals surface area contributed by atoms with Crippen molar-refractivity contribution < 1.29 is 27.5 Å². The highest BCUT2D eigenvalue weighted by Crippen LogP contribution is 2.35.